The van der Waals surface area contributed by atoms with Crippen LogP contribution in [0.1, 0.15) is 21.7 Å². The van der Waals surface area contributed by atoms with Crippen molar-refractivity contribution in [1.82, 2.24) is 19.9 Å². The third kappa shape index (κ3) is 4.91. The molecule has 2 heterocycles. The number of benzene rings is 2. The van der Waals surface area contributed by atoms with E-state index in [1.54, 1.807) is 6.20 Å². The fourth-order valence-electron chi connectivity index (χ4n) is 3.64. The predicted molar refractivity (Wildman–Crippen MR) is 124 cm³/mol. The molecule has 158 valence electrons. The molecule has 4 aromatic rings. The third-order valence-corrected chi connectivity index (χ3v) is 5.31. The highest BCUT2D eigenvalue weighted by Gasteiger charge is 2.13. The molecule has 0 aliphatic heterocycles. The average molecular weight is 414 g/mol. The van der Waals surface area contributed by atoms with E-state index < -0.39 is 0 Å². The maximum atomic E-state index is 12.6. The highest BCUT2D eigenvalue weighted by molar-refractivity contribution is 5.95. The van der Waals surface area contributed by atoms with Crippen LogP contribution < -0.4 is 10.2 Å². The molecule has 0 saturated heterocycles. The molecule has 4 rings (SSSR count). The van der Waals surface area contributed by atoms with Crippen LogP contribution in [0.2, 0.25) is 0 Å². The van der Waals surface area contributed by atoms with Gasteiger partial charge in [-0.2, -0.15) is 0 Å². The summed E-state index contributed by atoms with van der Waals surface area (Å²) in [6, 6.07) is 21.9. The van der Waals surface area contributed by atoms with Crippen molar-refractivity contribution >= 4 is 22.8 Å². The van der Waals surface area contributed by atoms with Crippen LogP contribution >= 0.6 is 0 Å². The molecule has 0 aliphatic rings. The first-order valence-electron chi connectivity index (χ1n) is 10.5. The van der Waals surface area contributed by atoms with E-state index in [0.717, 1.165) is 35.5 Å². The lowest BCUT2D eigenvalue weighted by atomic mass is 10.1. The Kier molecular flexibility index (Phi) is 6.26. The van der Waals surface area contributed by atoms with Crippen LogP contribution in [0.25, 0.3) is 11.2 Å². The number of aryl methyl sites for hydroxylation is 2. The van der Waals surface area contributed by atoms with Crippen molar-refractivity contribution in [1.29, 1.82) is 0 Å². The molecule has 0 bridgehead atoms. The van der Waals surface area contributed by atoms with Crippen molar-refractivity contribution in [3.8, 4) is 0 Å². The van der Waals surface area contributed by atoms with Crippen LogP contribution in [0.5, 0.6) is 0 Å². The molecule has 1 amide bonds. The Labute approximate surface area is 182 Å². The number of pyridine rings is 1. The van der Waals surface area contributed by atoms with Crippen molar-refractivity contribution in [2.24, 2.45) is 0 Å². The number of nitrogens with one attached hydrogen (secondary N) is 1. The van der Waals surface area contributed by atoms with Crippen LogP contribution in [-0.2, 0) is 19.4 Å². The lowest BCUT2D eigenvalue weighted by Crippen LogP contribution is -2.28. The first-order chi connectivity index (χ1) is 15.1. The molecule has 0 aliphatic carbocycles. The Balaban J connectivity index is 1.46. The topological polar surface area (TPSA) is 63.1 Å². The second-order valence-electron chi connectivity index (χ2n) is 7.71. The molecule has 0 saturated carbocycles. The quantitative estimate of drug-likeness (QED) is 0.478. The number of anilines is 1. The van der Waals surface area contributed by atoms with Gasteiger partial charge in [0.1, 0.15) is 11.3 Å². The zero-order valence-corrected chi connectivity index (χ0v) is 18.0. The minimum atomic E-state index is -0.0769. The number of amides is 1. The molecule has 1 N–H and O–H groups in total. The lowest BCUT2D eigenvalue weighted by Gasteiger charge is -2.14. The molecule has 6 nitrogen and oxygen atoms in total. The number of hydrogen-bond donors (Lipinski definition) is 1. The number of aromatic nitrogens is 3. The third-order valence-electron chi connectivity index (χ3n) is 5.31. The number of rotatable bonds is 8. The van der Waals surface area contributed by atoms with Gasteiger partial charge >= 0.3 is 0 Å². The summed E-state index contributed by atoms with van der Waals surface area (Å²) in [6.45, 7) is 1.13. The van der Waals surface area contributed by atoms with Crippen LogP contribution in [0.3, 0.4) is 0 Å². The lowest BCUT2D eigenvalue weighted by molar-refractivity contribution is 0.0952. The molecular formula is C25H27N5O. The SMILES string of the molecule is CN(C)c1cccc(C(=O)NCCn2c(CCc3ccccc3)nc3cccnc32)c1. The fraction of sp³-hybridized carbons (Fsp3) is 0.240. The molecule has 6 heteroatoms. The van der Waals surface area contributed by atoms with E-state index >= 15 is 0 Å². The highest BCUT2D eigenvalue weighted by Crippen LogP contribution is 2.16. The standard InChI is InChI=1S/C25H27N5O/c1-29(2)21-11-6-10-20(18-21)25(31)27-16-17-30-23(14-13-19-8-4-3-5-9-19)28-22-12-7-15-26-24(22)30/h3-12,15,18H,13-14,16-17H2,1-2H3,(H,27,31). The van der Waals surface area contributed by atoms with Crippen molar-refractivity contribution < 1.29 is 4.79 Å². The Morgan fingerprint density at radius 2 is 1.84 bits per heavy atom. The van der Waals surface area contributed by atoms with Gasteiger partial charge in [-0.25, -0.2) is 9.97 Å². The molecule has 0 unspecified atom stereocenters. The number of fused-ring (bicyclic) bond motifs is 1. The molecule has 0 spiro atoms. The van der Waals surface area contributed by atoms with E-state index in [0.29, 0.717) is 18.7 Å². The van der Waals surface area contributed by atoms with Gasteiger partial charge in [0, 0.05) is 51.1 Å². The molecular weight excluding hydrogens is 386 g/mol. The number of carbonyl (C=O) groups excluding carboxylic acids is 1. The maximum absolute atomic E-state index is 12.6. The molecule has 31 heavy (non-hydrogen) atoms. The zero-order valence-electron chi connectivity index (χ0n) is 18.0. The Bertz CT molecular complexity index is 1170. The number of carbonyl (C=O) groups is 1. The summed E-state index contributed by atoms with van der Waals surface area (Å²) >= 11 is 0. The van der Waals surface area contributed by atoms with Gasteiger partial charge < -0.3 is 14.8 Å². The van der Waals surface area contributed by atoms with Gasteiger partial charge in [0.15, 0.2) is 5.65 Å². The zero-order chi connectivity index (χ0) is 21.6. The van der Waals surface area contributed by atoms with Gasteiger partial charge in [0.2, 0.25) is 0 Å². The Morgan fingerprint density at radius 1 is 1.00 bits per heavy atom. The van der Waals surface area contributed by atoms with Crippen LogP contribution in [-0.4, -0.2) is 41.1 Å². The normalized spacial score (nSPS) is 10.9. The maximum Gasteiger partial charge on any atom is 0.251 e. The van der Waals surface area contributed by atoms with Gasteiger partial charge in [0.25, 0.3) is 5.91 Å². The van der Waals surface area contributed by atoms with Crippen LogP contribution in [0.4, 0.5) is 5.69 Å². The minimum absolute atomic E-state index is 0.0769. The van der Waals surface area contributed by atoms with Crippen molar-refractivity contribution in [3.05, 3.63) is 89.9 Å². The van der Waals surface area contributed by atoms with Gasteiger partial charge in [-0.1, -0.05) is 36.4 Å². The fourth-order valence-corrected chi connectivity index (χ4v) is 3.64. The van der Waals surface area contributed by atoms with E-state index in [9.17, 15) is 4.79 Å². The average Bonchev–Trinajstić information content (AvgIpc) is 3.16. The van der Waals surface area contributed by atoms with Crippen molar-refractivity contribution in [2.75, 3.05) is 25.5 Å². The summed E-state index contributed by atoms with van der Waals surface area (Å²) in [5.41, 5.74) is 4.68. The molecule has 0 fully saturated rings. The van der Waals surface area contributed by atoms with E-state index in [1.807, 2.05) is 61.5 Å². The summed E-state index contributed by atoms with van der Waals surface area (Å²) in [6.07, 6.45) is 3.51. The largest absolute Gasteiger partial charge is 0.378 e. The van der Waals surface area contributed by atoms with Crippen LogP contribution in [0, 0.1) is 0 Å². The van der Waals surface area contributed by atoms with Gasteiger partial charge in [0.05, 0.1) is 0 Å². The van der Waals surface area contributed by atoms with Crippen LogP contribution in [0.15, 0.2) is 72.9 Å². The van der Waals surface area contributed by atoms with Gasteiger partial charge in [-0.05, 0) is 42.3 Å². The predicted octanol–water partition coefficient (Wildman–Crippen LogP) is 3.71. The number of nitrogens with zero attached hydrogens (tertiary/aromatic N) is 4. The number of imidazole rings is 1. The smallest absolute Gasteiger partial charge is 0.251 e. The van der Waals surface area contributed by atoms with E-state index in [-0.39, 0.29) is 5.91 Å². The van der Waals surface area contributed by atoms with E-state index in [2.05, 4.69) is 39.1 Å². The molecule has 2 aromatic heterocycles. The molecule has 2 aromatic carbocycles. The molecule has 0 radical (unpaired) electrons. The summed E-state index contributed by atoms with van der Waals surface area (Å²) < 4.78 is 2.12. The first-order valence-corrected chi connectivity index (χ1v) is 10.5. The second-order valence-corrected chi connectivity index (χ2v) is 7.71. The Hall–Kier alpha value is -3.67. The summed E-state index contributed by atoms with van der Waals surface area (Å²) in [5, 5.41) is 3.04. The van der Waals surface area contributed by atoms with Gasteiger partial charge in [-0.15, -0.1) is 0 Å². The molecule has 0 atom stereocenters. The van der Waals surface area contributed by atoms with Crippen molar-refractivity contribution in [3.63, 3.8) is 0 Å². The van der Waals surface area contributed by atoms with Crippen molar-refractivity contribution in [2.45, 2.75) is 19.4 Å². The van der Waals surface area contributed by atoms with E-state index in [4.69, 9.17) is 4.98 Å². The monoisotopic (exact) mass is 413 g/mol. The second kappa shape index (κ2) is 9.43. The Morgan fingerprint density at radius 3 is 2.65 bits per heavy atom. The van der Waals surface area contributed by atoms with E-state index in [1.165, 1.54) is 5.56 Å². The summed E-state index contributed by atoms with van der Waals surface area (Å²) in [4.78, 5) is 23.9. The summed E-state index contributed by atoms with van der Waals surface area (Å²) in [5.74, 6) is 0.910. The van der Waals surface area contributed by atoms with Gasteiger partial charge in [-0.3, -0.25) is 4.79 Å². The highest BCUT2D eigenvalue weighted by atomic mass is 16.1. The first kappa shape index (κ1) is 20.6. The minimum Gasteiger partial charge on any atom is -0.378 e. The summed E-state index contributed by atoms with van der Waals surface area (Å²) in [7, 11) is 3.93. The number of hydrogen-bond acceptors (Lipinski definition) is 4.